The maximum atomic E-state index is 6.12. The van der Waals surface area contributed by atoms with Crippen LogP contribution in [0.25, 0.3) is 16.9 Å². The number of benzene rings is 2. The largest absolute Gasteiger partial charge is 0.299 e. The van der Waals surface area contributed by atoms with Crippen molar-refractivity contribution < 1.29 is 0 Å². The van der Waals surface area contributed by atoms with Crippen LogP contribution in [0.1, 0.15) is 24.0 Å². The van der Waals surface area contributed by atoms with E-state index in [-0.39, 0.29) is 0 Å². The Hall–Kier alpha value is -2.41. The van der Waals surface area contributed by atoms with Gasteiger partial charge in [-0.25, -0.2) is 0 Å². The highest BCUT2D eigenvalue weighted by atomic mass is 35.5. The lowest BCUT2D eigenvalue weighted by Crippen LogP contribution is -2.19. The number of fused-ring (bicyclic) bond motifs is 1. The summed E-state index contributed by atoms with van der Waals surface area (Å²) in [5.74, 6) is 0.828. The van der Waals surface area contributed by atoms with Crippen molar-refractivity contribution in [3.05, 3.63) is 76.8 Å². The summed E-state index contributed by atoms with van der Waals surface area (Å²) >= 11 is 7.77. The Labute approximate surface area is 185 Å². The van der Waals surface area contributed by atoms with Crippen LogP contribution in [0, 0.1) is 0 Å². The molecular weight excluding hydrogens is 414 g/mol. The molecule has 1 fully saturated rings. The molecule has 30 heavy (non-hydrogen) atoms. The van der Waals surface area contributed by atoms with Gasteiger partial charge in [0.25, 0.3) is 0 Å². The summed E-state index contributed by atoms with van der Waals surface area (Å²) in [5, 5.41) is 15.3. The third-order valence-electron chi connectivity index (χ3n) is 5.36. The number of hydrogen-bond donors (Lipinski definition) is 0. The minimum Gasteiger partial charge on any atom is -0.299 e. The standard InChI is InChI=1S/C23H22ClN5S/c24-20-10-8-18(9-11-20)22-19(15-28-12-4-5-13-28)14-21-25-26-23(29(21)27-22)30-16-17-6-2-1-3-7-17/h1-3,6-11,14H,4-5,12-13,15-16H2. The van der Waals surface area contributed by atoms with Crippen LogP contribution < -0.4 is 0 Å². The van der Waals surface area contributed by atoms with Crippen molar-refractivity contribution in [3.8, 4) is 11.3 Å². The molecule has 4 aromatic rings. The lowest BCUT2D eigenvalue weighted by Gasteiger charge is -2.17. The predicted molar refractivity (Wildman–Crippen MR) is 122 cm³/mol. The summed E-state index contributed by atoms with van der Waals surface area (Å²) in [6.45, 7) is 3.15. The summed E-state index contributed by atoms with van der Waals surface area (Å²) in [6, 6.07) is 20.4. The van der Waals surface area contributed by atoms with Gasteiger partial charge in [-0.05, 0) is 55.3 Å². The molecule has 0 aliphatic carbocycles. The second-order valence-electron chi connectivity index (χ2n) is 7.54. The fourth-order valence-corrected chi connectivity index (χ4v) is 4.78. The van der Waals surface area contributed by atoms with Crippen LogP contribution in [0.5, 0.6) is 0 Å². The molecule has 0 atom stereocenters. The Kier molecular flexibility index (Phi) is 5.71. The van der Waals surface area contributed by atoms with Crippen LogP contribution >= 0.6 is 23.4 Å². The number of hydrogen-bond acceptors (Lipinski definition) is 5. The SMILES string of the molecule is Clc1ccc(-c2nn3c(SCc4ccccc4)nnc3cc2CN2CCCC2)cc1. The van der Waals surface area contributed by atoms with Gasteiger partial charge in [-0.3, -0.25) is 4.90 Å². The number of thioether (sulfide) groups is 1. The normalized spacial score (nSPS) is 14.6. The number of aromatic nitrogens is 4. The fourth-order valence-electron chi connectivity index (χ4n) is 3.81. The van der Waals surface area contributed by atoms with Gasteiger partial charge in [-0.2, -0.15) is 9.61 Å². The van der Waals surface area contributed by atoms with E-state index in [1.807, 2.05) is 34.8 Å². The van der Waals surface area contributed by atoms with Crippen LogP contribution in [0.15, 0.2) is 65.8 Å². The van der Waals surface area contributed by atoms with Gasteiger partial charge in [-0.15, -0.1) is 10.2 Å². The summed E-state index contributed by atoms with van der Waals surface area (Å²) in [4.78, 5) is 2.48. The highest BCUT2D eigenvalue weighted by molar-refractivity contribution is 7.98. The van der Waals surface area contributed by atoms with E-state index in [4.69, 9.17) is 16.7 Å². The highest BCUT2D eigenvalue weighted by Gasteiger charge is 2.18. The van der Waals surface area contributed by atoms with Crippen LogP contribution in [0.3, 0.4) is 0 Å². The minimum absolute atomic E-state index is 0.726. The van der Waals surface area contributed by atoms with E-state index >= 15 is 0 Å². The first-order chi connectivity index (χ1) is 14.8. The van der Waals surface area contributed by atoms with Gasteiger partial charge in [0.15, 0.2) is 5.65 Å². The first kappa shape index (κ1) is 19.5. The lowest BCUT2D eigenvalue weighted by molar-refractivity contribution is 0.331. The van der Waals surface area contributed by atoms with Crippen molar-refractivity contribution in [2.45, 2.75) is 30.3 Å². The maximum Gasteiger partial charge on any atom is 0.212 e. The third kappa shape index (κ3) is 4.21. The highest BCUT2D eigenvalue weighted by Crippen LogP contribution is 2.28. The van der Waals surface area contributed by atoms with E-state index in [9.17, 15) is 0 Å². The van der Waals surface area contributed by atoms with Gasteiger partial charge < -0.3 is 0 Å². The molecule has 1 aliphatic heterocycles. The van der Waals surface area contributed by atoms with Gasteiger partial charge in [0.1, 0.15) is 0 Å². The van der Waals surface area contributed by atoms with E-state index in [1.165, 1.54) is 24.0 Å². The molecule has 5 nitrogen and oxygen atoms in total. The number of halogens is 1. The Bertz CT molecular complexity index is 1140. The first-order valence-electron chi connectivity index (χ1n) is 10.2. The van der Waals surface area contributed by atoms with Crippen molar-refractivity contribution in [1.29, 1.82) is 0 Å². The molecule has 0 saturated carbocycles. The van der Waals surface area contributed by atoms with Crippen molar-refractivity contribution in [1.82, 2.24) is 24.7 Å². The molecule has 0 unspecified atom stereocenters. The first-order valence-corrected chi connectivity index (χ1v) is 11.5. The molecule has 0 bridgehead atoms. The smallest absolute Gasteiger partial charge is 0.212 e. The molecule has 5 rings (SSSR count). The molecule has 1 saturated heterocycles. The number of rotatable bonds is 6. The molecule has 0 radical (unpaired) electrons. The Morgan fingerprint density at radius 1 is 0.933 bits per heavy atom. The second kappa shape index (κ2) is 8.76. The van der Waals surface area contributed by atoms with Gasteiger partial charge >= 0.3 is 0 Å². The molecule has 0 N–H and O–H groups in total. The Morgan fingerprint density at radius 3 is 2.47 bits per heavy atom. The van der Waals surface area contributed by atoms with E-state index in [0.717, 1.165) is 52.5 Å². The van der Waals surface area contributed by atoms with Crippen molar-refractivity contribution in [2.24, 2.45) is 0 Å². The minimum atomic E-state index is 0.726. The quantitative estimate of drug-likeness (QED) is 0.383. The monoisotopic (exact) mass is 435 g/mol. The van der Waals surface area contributed by atoms with Gasteiger partial charge in [0, 0.05) is 22.9 Å². The Balaban J connectivity index is 1.52. The zero-order chi connectivity index (χ0) is 20.3. The molecule has 2 aromatic heterocycles. The van der Waals surface area contributed by atoms with E-state index in [1.54, 1.807) is 11.8 Å². The van der Waals surface area contributed by atoms with Gasteiger partial charge in [-0.1, -0.05) is 65.8 Å². The third-order valence-corrected chi connectivity index (χ3v) is 6.61. The topological polar surface area (TPSA) is 46.3 Å². The summed E-state index contributed by atoms with van der Waals surface area (Å²) in [6.07, 6.45) is 2.52. The van der Waals surface area contributed by atoms with E-state index < -0.39 is 0 Å². The van der Waals surface area contributed by atoms with Crippen molar-refractivity contribution >= 4 is 29.0 Å². The van der Waals surface area contributed by atoms with Gasteiger partial charge in [0.2, 0.25) is 5.16 Å². The Morgan fingerprint density at radius 2 is 1.70 bits per heavy atom. The molecule has 0 amide bonds. The van der Waals surface area contributed by atoms with Crippen molar-refractivity contribution in [3.63, 3.8) is 0 Å². The van der Waals surface area contributed by atoms with Crippen LogP contribution in [-0.4, -0.2) is 37.8 Å². The van der Waals surface area contributed by atoms with E-state index in [2.05, 4.69) is 45.4 Å². The summed E-state index contributed by atoms with van der Waals surface area (Å²) < 4.78 is 1.87. The second-order valence-corrected chi connectivity index (χ2v) is 8.91. The summed E-state index contributed by atoms with van der Waals surface area (Å²) in [7, 11) is 0. The van der Waals surface area contributed by atoms with Crippen molar-refractivity contribution in [2.75, 3.05) is 13.1 Å². The van der Waals surface area contributed by atoms with Crippen LogP contribution in [0.2, 0.25) is 5.02 Å². The predicted octanol–water partition coefficient (Wildman–Crippen LogP) is 5.33. The molecule has 7 heteroatoms. The average Bonchev–Trinajstić information content (AvgIpc) is 3.43. The summed E-state index contributed by atoms with van der Waals surface area (Å²) in [5.41, 5.74) is 5.25. The van der Waals surface area contributed by atoms with Crippen LogP contribution in [-0.2, 0) is 12.3 Å². The average molecular weight is 436 g/mol. The van der Waals surface area contributed by atoms with E-state index in [0.29, 0.717) is 0 Å². The molecule has 1 aliphatic rings. The molecule has 3 heterocycles. The number of nitrogens with zero attached hydrogens (tertiary/aromatic N) is 5. The zero-order valence-corrected chi connectivity index (χ0v) is 18.1. The molecule has 152 valence electrons. The van der Waals surface area contributed by atoms with Crippen LogP contribution in [0.4, 0.5) is 0 Å². The zero-order valence-electron chi connectivity index (χ0n) is 16.5. The number of likely N-dealkylation sites (tertiary alicyclic amines) is 1. The molecule has 0 spiro atoms. The fraction of sp³-hybridized carbons (Fsp3) is 0.261. The molecular formula is C23H22ClN5S. The lowest BCUT2D eigenvalue weighted by atomic mass is 10.1. The van der Waals surface area contributed by atoms with Gasteiger partial charge in [0.05, 0.1) is 5.69 Å². The molecule has 2 aromatic carbocycles. The maximum absolute atomic E-state index is 6.12.